The van der Waals surface area contributed by atoms with Crippen LogP contribution in [0.3, 0.4) is 0 Å². The molecule has 1 aliphatic rings. The van der Waals surface area contributed by atoms with Gasteiger partial charge in [-0.1, -0.05) is 30.3 Å². The monoisotopic (exact) mass is 476 g/mol. The molecule has 0 bridgehead atoms. The molecule has 0 spiro atoms. The first-order valence-corrected chi connectivity index (χ1v) is 11.8. The van der Waals surface area contributed by atoms with Crippen molar-refractivity contribution >= 4 is 40.1 Å². The molecule has 8 nitrogen and oxygen atoms in total. The van der Waals surface area contributed by atoms with E-state index in [-0.39, 0.29) is 24.4 Å². The molecular weight excluding hydrogens is 444 g/mol. The number of urea groups is 1. The van der Waals surface area contributed by atoms with E-state index in [1.54, 1.807) is 16.8 Å². The predicted molar refractivity (Wildman–Crippen MR) is 137 cm³/mol. The molecule has 8 heteroatoms. The molecule has 1 aromatic heterocycles. The van der Waals surface area contributed by atoms with Crippen molar-refractivity contribution in [1.29, 1.82) is 0 Å². The van der Waals surface area contributed by atoms with Crippen LogP contribution in [0.2, 0.25) is 0 Å². The highest BCUT2D eigenvalue weighted by Gasteiger charge is 2.24. The average Bonchev–Trinajstić information content (AvgIpc) is 3.51. The zero-order valence-corrected chi connectivity index (χ0v) is 20.6. The minimum absolute atomic E-state index is 0.0336. The molecule has 1 aliphatic carbocycles. The second kappa shape index (κ2) is 9.82. The van der Waals surface area contributed by atoms with Crippen LogP contribution in [0.25, 0.3) is 10.9 Å². The van der Waals surface area contributed by atoms with Gasteiger partial charge in [-0.15, -0.1) is 0 Å². The molecule has 1 heterocycles. The van der Waals surface area contributed by atoms with E-state index in [2.05, 4.69) is 16.0 Å². The lowest BCUT2D eigenvalue weighted by atomic mass is 10.1. The number of esters is 1. The number of nitrogens with one attached hydrogen (secondary N) is 3. The van der Waals surface area contributed by atoms with Crippen molar-refractivity contribution in [1.82, 2.24) is 9.88 Å². The van der Waals surface area contributed by atoms with Gasteiger partial charge in [0.05, 0.1) is 16.9 Å². The number of ketones is 1. The van der Waals surface area contributed by atoms with Crippen LogP contribution in [-0.4, -0.2) is 34.0 Å². The van der Waals surface area contributed by atoms with Gasteiger partial charge in [0.1, 0.15) is 12.1 Å². The van der Waals surface area contributed by atoms with Crippen molar-refractivity contribution in [3.63, 3.8) is 0 Å². The summed E-state index contributed by atoms with van der Waals surface area (Å²) in [5.41, 5.74) is 2.89. The van der Waals surface area contributed by atoms with Crippen LogP contribution >= 0.6 is 0 Å². The average molecular weight is 477 g/mol. The van der Waals surface area contributed by atoms with Crippen LogP contribution in [0.15, 0.2) is 48.7 Å². The van der Waals surface area contributed by atoms with Gasteiger partial charge in [0.2, 0.25) is 0 Å². The van der Waals surface area contributed by atoms with Crippen molar-refractivity contribution < 1.29 is 19.1 Å². The molecule has 2 aromatic carbocycles. The van der Waals surface area contributed by atoms with Crippen LogP contribution in [0.5, 0.6) is 0 Å². The second-order valence-corrected chi connectivity index (χ2v) is 9.94. The quantitative estimate of drug-likeness (QED) is 0.311. The number of nitrogens with zero attached hydrogens (tertiary/aromatic N) is 1. The van der Waals surface area contributed by atoms with Gasteiger partial charge in [0.25, 0.3) is 0 Å². The largest absolute Gasteiger partial charge is 0.459 e. The number of benzene rings is 2. The first-order valence-electron chi connectivity index (χ1n) is 11.8. The van der Waals surface area contributed by atoms with Gasteiger partial charge in [0.15, 0.2) is 5.78 Å². The maximum Gasteiger partial charge on any atom is 0.326 e. The topological polar surface area (TPSA) is 101 Å². The Morgan fingerprint density at radius 1 is 1.06 bits per heavy atom. The molecule has 0 aliphatic heterocycles. The zero-order chi connectivity index (χ0) is 25.2. The Morgan fingerprint density at radius 3 is 2.40 bits per heavy atom. The highest BCUT2D eigenvalue weighted by atomic mass is 16.6. The molecule has 1 saturated carbocycles. The summed E-state index contributed by atoms with van der Waals surface area (Å²) in [5.74, 6) is -0.523. The fourth-order valence-corrected chi connectivity index (χ4v) is 3.88. The summed E-state index contributed by atoms with van der Waals surface area (Å²) >= 11 is 0. The maximum absolute atomic E-state index is 12.6. The minimum Gasteiger partial charge on any atom is -0.459 e. The molecule has 0 saturated heterocycles. The molecule has 2 amide bonds. The number of rotatable bonds is 8. The van der Waals surface area contributed by atoms with Crippen molar-refractivity contribution in [2.45, 2.75) is 65.3 Å². The molecule has 4 rings (SSSR count). The summed E-state index contributed by atoms with van der Waals surface area (Å²) in [6.07, 6.45) is 3.63. The zero-order valence-electron chi connectivity index (χ0n) is 20.6. The Labute approximate surface area is 205 Å². The Hall–Kier alpha value is -3.81. The number of carbonyl (C=O) groups excluding carboxylic acids is 3. The molecule has 3 aromatic rings. The number of Topliss-reactive ketones (excluding diaryl/α,β-unsaturated/α-hetero) is 1. The molecule has 0 atom stereocenters. The van der Waals surface area contributed by atoms with E-state index in [0.717, 1.165) is 18.4 Å². The summed E-state index contributed by atoms with van der Waals surface area (Å²) < 4.78 is 7.21. The minimum atomic E-state index is -0.613. The third-order valence-electron chi connectivity index (χ3n) is 5.61. The number of carbonyl (C=O) groups is 3. The molecule has 3 N–H and O–H groups in total. The van der Waals surface area contributed by atoms with Crippen LogP contribution < -0.4 is 16.0 Å². The SMILES string of the molecule is CC(=O)c1cn(CC(=O)OC(C)(C)C)c2cc(NCc3ccccc3)c(NC(=O)NC3CC3)cc12. The Morgan fingerprint density at radius 2 is 1.77 bits per heavy atom. The van der Waals surface area contributed by atoms with Gasteiger partial charge >= 0.3 is 12.0 Å². The van der Waals surface area contributed by atoms with Gasteiger partial charge in [0, 0.05) is 29.7 Å². The molecule has 0 unspecified atom stereocenters. The summed E-state index contributed by atoms with van der Waals surface area (Å²) in [4.78, 5) is 37.5. The van der Waals surface area contributed by atoms with E-state index in [1.165, 1.54) is 6.92 Å². The summed E-state index contributed by atoms with van der Waals surface area (Å²) in [5, 5.41) is 9.92. The Kier molecular flexibility index (Phi) is 6.82. The molecule has 35 heavy (non-hydrogen) atoms. The number of hydrogen-bond donors (Lipinski definition) is 3. The molecule has 184 valence electrons. The fourth-order valence-electron chi connectivity index (χ4n) is 3.88. The predicted octanol–water partition coefficient (Wildman–Crippen LogP) is 5.08. The highest BCUT2D eigenvalue weighted by molar-refractivity contribution is 6.10. The van der Waals surface area contributed by atoms with E-state index in [0.29, 0.717) is 34.4 Å². The summed E-state index contributed by atoms with van der Waals surface area (Å²) in [7, 11) is 0. The van der Waals surface area contributed by atoms with Crippen LogP contribution in [0.1, 0.15) is 56.5 Å². The fraction of sp³-hybridized carbons (Fsp3) is 0.370. The Balaban J connectivity index is 1.71. The molecule has 1 fully saturated rings. The van der Waals surface area contributed by atoms with E-state index >= 15 is 0 Å². The van der Waals surface area contributed by atoms with Crippen LogP contribution in [0.4, 0.5) is 16.2 Å². The summed E-state index contributed by atoms with van der Waals surface area (Å²) in [6.45, 7) is 7.44. The normalized spacial score (nSPS) is 13.4. The van der Waals surface area contributed by atoms with Gasteiger partial charge in [-0.2, -0.15) is 0 Å². The first-order chi connectivity index (χ1) is 16.6. The number of ether oxygens (including phenoxy) is 1. The number of anilines is 2. The smallest absolute Gasteiger partial charge is 0.326 e. The standard InChI is InChI=1S/C27H32N4O4/c1-17(32)21-15-31(16-25(33)35-27(2,3)4)24-13-22(28-14-18-8-6-5-7-9-18)23(12-20(21)24)30-26(34)29-19-10-11-19/h5-9,12-13,15,19,28H,10-11,14,16H2,1-4H3,(H2,29,30,34). The second-order valence-electron chi connectivity index (χ2n) is 9.94. The molecule has 0 radical (unpaired) electrons. The van der Waals surface area contributed by atoms with E-state index in [4.69, 9.17) is 4.74 Å². The van der Waals surface area contributed by atoms with Gasteiger partial charge in [-0.25, -0.2) is 4.79 Å². The van der Waals surface area contributed by atoms with Crippen molar-refractivity contribution in [2.24, 2.45) is 0 Å². The molecular formula is C27H32N4O4. The lowest BCUT2D eigenvalue weighted by molar-refractivity contribution is -0.155. The lowest BCUT2D eigenvalue weighted by Gasteiger charge is -2.20. The van der Waals surface area contributed by atoms with E-state index < -0.39 is 11.6 Å². The van der Waals surface area contributed by atoms with Crippen molar-refractivity contribution in [2.75, 3.05) is 10.6 Å². The van der Waals surface area contributed by atoms with E-state index in [1.807, 2.05) is 57.2 Å². The number of hydrogen-bond acceptors (Lipinski definition) is 5. The van der Waals surface area contributed by atoms with Gasteiger partial charge in [-0.05, 0) is 58.2 Å². The van der Waals surface area contributed by atoms with Crippen LogP contribution in [-0.2, 0) is 22.6 Å². The Bertz CT molecular complexity index is 1250. The maximum atomic E-state index is 12.6. The number of amides is 2. The third-order valence-corrected chi connectivity index (χ3v) is 5.61. The first kappa shape index (κ1) is 24.3. The summed E-state index contributed by atoms with van der Waals surface area (Å²) in [6, 6.07) is 13.5. The van der Waals surface area contributed by atoms with Gasteiger partial charge < -0.3 is 25.3 Å². The number of aromatic nitrogens is 1. The third kappa shape index (κ3) is 6.41. The van der Waals surface area contributed by atoms with Gasteiger partial charge in [-0.3, -0.25) is 9.59 Å². The lowest BCUT2D eigenvalue weighted by Crippen LogP contribution is -2.30. The van der Waals surface area contributed by atoms with Crippen molar-refractivity contribution in [3.8, 4) is 0 Å². The number of fused-ring (bicyclic) bond motifs is 1. The van der Waals surface area contributed by atoms with E-state index in [9.17, 15) is 14.4 Å². The highest BCUT2D eigenvalue weighted by Crippen LogP contribution is 2.33. The van der Waals surface area contributed by atoms with Crippen LogP contribution in [0, 0.1) is 0 Å². The van der Waals surface area contributed by atoms with Crippen molar-refractivity contribution in [3.05, 3.63) is 59.8 Å².